The molecule has 0 unspecified atom stereocenters. The number of nitrogens with one attached hydrogen (secondary N) is 2. The zero-order chi connectivity index (χ0) is 19.4. The molecule has 26 heavy (non-hydrogen) atoms. The number of nitrogens with zero attached hydrogens (tertiary/aromatic N) is 3. The number of hydrogen-bond donors (Lipinski definition) is 2. The zero-order valence-corrected chi connectivity index (χ0v) is 13.7. The van der Waals surface area contributed by atoms with Crippen LogP contribution < -0.4 is 10.6 Å². The first kappa shape index (κ1) is 19.8. The molecule has 2 rings (SSSR count). The van der Waals surface area contributed by atoms with Gasteiger partial charge in [0, 0.05) is 0 Å². The van der Waals surface area contributed by atoms with Crippen molar-refractivity contribution in [3.05, 3.63) is 5.82 Å². The van der Waals surface area contributed by atoms with E-state index >= 15 is 0 Å². The van der Waals surface area contributed by atoms with Gasteiger partial charge in [0.25, 0.3) is 0 Å². The molecule has 11 heteroatoms. The van der Waals surface area contributed by atoms with Gasteiger partial charge in [-0.1, -0.05) is 5.92 Å². The Hall–Kier alpha value is -2.51. The fraction of sp³-hybridized carbons (Fsp3) is 0.600. The predicted molar refractivity (Wildman–Crippen MR) is 82.9 cm³/mol. The van der Waals surface area contributed by atoms with Crippen molar-refractivity contribution in [2.24, 2.45) is 5.41 Å². The fourth-order valence-electron chi connectivity index (χ4n) is 1.72. The summed E-state index contributed by atoms with van der Waals surface area (Å²) >= 11 is 0. The van der Waals surface area contributed by atoms with Crippen molar-refractivity contribution in [3.8, 4) is 11.8 Å². The molecule has 6 nitrogen and oxygen atoms in total. The van der Waals surface area contributed by atoms with Crippen molar-refractivity contribution in [1.29, 1.82) is 0 Å². The third-order valence-corrected chi connectivity index (χ3v) is 3.62. The van der Waals surface area contributed by atoms with Crippen LogP contribution in [0.4, 0.5) is 33.8 Å². The molecule has 0 spiro atoms. The second-order valence-electron chi connectivity index (χ2n) is 5.89. The molecule has 1 aliphatic rings. The highest BCUT2D eigenvalue weighted by molar-refractivity contribution is 5.69. The van der Waals surface area contributed by atoms with Crippen LogP contribution in [0.15, 0.2) is 0 Å². The fourth-order valence-corrected chi connectivity index (χ4v) is 1.72. The normalized spacial score (nSPS) is 16.4. The molecule has 2 N–H and O–H groups in total. The monoisotopic (exact) mass is 377 g/mol. The molecule has 1 aliphatic carbocycles. The predicted octanol–water partition coefficient (Wildman–Crippen LogP) is 2.28. The molecule has 1 saturated carbocycles. The number of hydrogen-bond acceptors (Lipinski definition) is 6. The molecular weight excluding hydrogens is 361 g/mol. The van der Waals surface area contributed by atoms with Crippen LogP contribution in [0.3, 0.4) is 0 Å². The summed E-state index contributed by atoms with van der Waals surface area (Å²) in [7, 11) is 0. The first-order valence-electron chi connectivity index (χ1n) is 7.68. The maximum absolute atomic E-state index is 12.7. The van der Waals surface area contributed by atoms with Crippen molar-refractivity contribution in [2.75, 3.05) is 24.0 Å². The lowest BCUT2D eigenvalue weighted by atomic mass is 10.1. The lowest BCUT2D eigenvalue weighted by Gasteiger charge is -2.18. The second-order valence-corrected chi connectivity index (χ2v) is 5.89. The minimum Gasteiger partial charge on any atom is -0.346 e. The lowest BCUT2D eigenvalue weighted by molar-refractivity contribution is -0.138. The topological polar surface area (TPSA) is 79.8 Å². The molecule has 0 radical (unpaired) electrons. The van der Waals surface area contributed by atoms with E-state index in [1.807, 2.05) is 5.32 Å². The number of rotatable bonds is 7. The van der Waals surface area contributed by atoms with Crippen molar-refractivity contribution in [3.63, 3.8) is 0 Å². The van der Waals surface area contributed by atoms with Gasteiger partial charge < -0.3 is 15.4 Å². The highest BCUT2D eigenvalue weighted by atomic mass is 19.4. The summed E-state index contributed by atoms with van der Waals surface area (Å²) in [6, 6.07) is -3.22. The van der Waals surface area contributed by atoms with Gasteiger partial charge in [0.2, 0.25) is 17.7 Å². The maximum Gasteiger partial charge on any atom is 0.408 e. The van der Waals surface area contributed by atoms with Crippen LogP contribution >= 0.6 is 0 Å². The summed E-state index contributed by atoms with van der Waals surface area (Å²) in [5.74, 6) is 4.17. The quantitative estimate of drug-likeness (QED) is 0.431. The van der Waals surface area contributed by atoms with Gasteiger partial charge >= 0.3 is 6.18 Å². The van der Waals surface area contributed by atoms with E-state index in [1.165, 1.54) is 0 Å². The van der Waals surface area contributed by atoms with Crippen LogP contribution in [0.1, 0.15) is 25.6 Å². The molecule has 1 atom stereocenters. The molecule has 0 aromatic carbocycles. The minimum absolute atomic E-state index is 0.219. The van der Waals surface area contributed by atoms with E-state index in [0.717, 1.165) is 6.92 Å². The summed E-state index contributed by atoms with van der Waals surface area (Å²) in [5, 5.41) is 4.37. The van der Waals surface area contributed by atoms with Crippen LogP contribution in [-0.2, 0) is 4.79 Å². The Labute approximate surface area is 146 Å². The summed E-state index contributed by atoms with van der Waals surface area (Å²) in [6.45, 7) is -1.28. The van der Waals surface area contributed by atoms with Crippen LogP contribution in [-0.4, -0.2) is 52.8 Å². The second kappa shape index (κ2) is 7.80. The van der Waals surface area contributed by atoms with Crippen LogP contribution in [0, 0.1) is 17.3 Å². The van der Waals surface area contributed by atoms with Crippen molar-refractivity contribution < 1.29 is 26.7 Å². The largest absolute Gasteiger partial charge is 0.408 e. The van der Waals surface area contributed by atoms with Crippen molar-refractivity contribution in [2.45, 2.75) is 38.0 Å². The Bertz CT molecular complexity index is 707. The first-order chi connectivity index (χ1) is 12.2. The number of aromatic nitrogens is 3. The van der Waals surface area contributed by atoms with E-state index in [0.29, 0.717) is 19.1 Å². The van der Waals surface area contributed by atoms with Crippen LogP contribution in [0.25, 0.3) is 0 Å². The third kappa shape index (κ3) is 5.24. The summed E-state index contributed by atoms with van der Waals surface area (Å²) < 4.78 is 63.4. The van der Waals surface area contributed by atoms with Gasteiger partial charge in [-0.2, -0.15) is 28.1 Å². The summed E-state index contributed by atoms with van der Waals surface area (Å²) in [6.07, 6.45) is -2.72. The van der Waals surface area contributed by atoms with Gasteiger partial charge in [-0.05, 0) is 25.7 Å². The molecule has 0 amide bonds. The number of carbonyl (C=O) groups excluding carboxylic acids is 1. The van der Waals surface area contributed by atoms with Gasteiger partial charge in [0.05, 0.1) is 11.5 Å². The van der Waals surface area contributed by atoms with Gasteiger partial charge in [0.1, 0.15) is 25.7 Å². The average molecular weight is 377 g/mol. The minimum atomic E-state index is -4.55. The van der Waals surface area contributed by atoms with E-state index in [2.05, 4.69) is 32.1 Å². The average Bonchev–Trinajstić information content (AvgIpc) is 3.37. The number of carbonyl (C=O) groups is 1. The number of halogens is 5. The highest BCUT2D eigenvalue weighted by Crippen LogP contribution is 2.42. The molecular formula is C15H16F5N5O. The molecule has 142 valence electrons. The Balaban J connectivity index is 2.31. The van der Waals surface area contributed by atoms with Gasteiger partial charge in [-0.15, -0.1) is 0 Å². The van der Waals surface area contributed by atoms with Gasteiger partial charge in [-0.3, -0.25) is 0 Å². The molecule has 1 heterocycles. The summed E-state index contributed by atoms with van der Waals surface area (Å²) in [4.78, 5) is 22.2. The smallest absolute Gasteiger partial charge is 0.346 e. The maximum atomic E-state index is 12.7. The van der Waals surface area contributed by atoms with E-state index < -0.39 is 43.0 Å². The third-order valence-electron chi connectivity index (χ3n) is 3.62. The number of alkyl halides is 5. The van der Waals surface area contributed by atoms with Gasteiger partial charge in [-0.25, -0.2) is 8.78 Å². The first-order valence-corrected chi connectivity index (χ1v) is 7.68. The Morgan fingerprint density at radius 3 is 2.19 bits per heavy atom. The number of anilines is 2. The summed E-state index contributed by atoms with van der Waals surface area (Å²) in [5.41, 5.74) is -0.784. The molecule has 0 aliphatic heterocycles. The Morgan fingerprint density at radius 2 is 1.73 bits per heavy atom. The SMILES string of the molecule is C[C@@H](Nc1nc(C#CC2(C=O)CC2)nc(NC(CF)CF)n1)C(F)(F)F. The molecule has 1 fully saturated rings. The standard InChI is InChI=1S/C15H16F5N5O/c1-9(15(18,19)20)21-12-23-11(2-3-14(8-26)4-5-14)24-13(25-12)22-10(6-16)7-17/h8-10H,4-7H2,1H3,(H2,21,22,23,24,25)/t9-/m1/s1. The van der Waals surface area contributed by atoms with E-state index in [4.69, 9.17) is 0 Å². The highest BCUT2D eigenvalue weighted by Gasteiger charge is 2.41. The molecule has 1 aromatic heterocycles. The van der Waals surface area contributed by atoms with E-state index in [1.54, 1.807) is 0 Å². The van der Waals surface area contributed by atoms with Crippen LogP contribution in [0.5, 0.6) is 0 Å². The van der Waals surface area contributed by atoms with Crippen molar-refractivity contribution in [1.82, 2.24) is 15.0 Å². The van der Waals surface area contributed by atoms with E-state index in [9.17, 15) is 26.7 Å². The van der Waals surface area contributed by atoms with E-state index in [-0.39, 0.29) is 11.8 Å². The van der Waals surface area contributed by atoms with Gasteiger partial charge in [0.15, 0.2) is 0 Å². The molecule has 1 aromatic rings. The zero-order valence-electron chi connectivity index (χ0n) is 13.7. The molecule has 0 saturated heterocycles. The van der Waals surface area contributed by atoms with Crippen molar-refractivity contribution >= 4 is 18.2 Å². The molecule has 0 bridgehead atoms. The number of aldehydes is 1. The Kier molecular flexibility index (Phi) is 5.94. The van der Waals surface area contributed by atoms with Crippen LogP contribution in [0.2, 0.25) is 0 Å². The lowest BCUT2D eigenvalue weighted by Crippen LogP contribution is -2.34. The Morgan fingerprint density at radius 1 is 1.15 bits per heavy atom.